The lowest BCUT2D eigenvalue weighted by Crippen LogP contribution is -2.14. The summed E-state index contributed by atoms with van der Waals surface area (Å²) in [6.07, 6.45) is 2.31. The molecule has 4 aromatic rings. The van der Waals surface area contributed by atoms with Gasteiger partial charge in [-0.25, -0.2) is 4.98 Å². The molecule has 0 aliphatic rings. The molecule has 0 fully saturated rings. The standard InChI is InChI=1S/C20H16N2O4S/c23-18-12-15(21-20-22(18)10-11-27-20)13-25-19(24)9-7-16-6-8-17(26-16)14-4-2-1-3-5-14/h1-6,8,10-12H,7,9,13H2. The predicted octanol–water partition coefficient (Wildman–Crippen LogP) is 3.69. The topological polar surface area (TPSA) is 73.8 Å². The van der Waals surface area contributed by atoms with Gasteiger partial charge in [0.05, 0.1) is 12.1 Å². The second-order valence-corrected chi connectivity index (χ2v) is 6.81. The van der Waals surface area contributed by atoms with E-state index >= 15 is 0 Å². The molecule has 0 aliphatic carbocycles. The summed E-state index contributed by atoms with van der Waals surface area (Å²) < 4.78 is 12.5. The van der Waals surface area contributed by atoms with Crippen molar-refractivity contribution in [1.29, 1.82) is 0 Å². The van der Waals surface area contributed by atoms with Crippen molar-refractivity contribution in [3.05, 3.63) is 81.9 Å². The highest BCUT2D eigenvalue weighted by Gasteiger charge is 2.10. The van der Waals surface area contributed by atoms with Gasteiger partial charge in [-0.15, -0.1) is 11.3 Å². The Morgan fingerprint density at radius 1 is 1.19 bits per heavy atom. The van der Waals surface area contributed by atoms with Crippen LogP contribution in [-0.2, 0) is 22.6 Å². The average Bonchev–Trinajstić information content (AvgIpc) is 3.35. The van der Waals surface area contributed by atoms with Crippen LogP contribution in [0, 0.1) is 0 Å². The number of ether oxygens (including phenoxy) is 1. The van der Waals surface area contributed by atoms with Gasteiger partial charge in [0.1, 0.15) is 18.1 Å². The number of benzene rings is 1. The zero-order valence-electron chi connectivity index (χ0n) is 14.3. The first-order valence-electron chi connectivity index (χ1n) is 8.44. The number of thiazole rings is 1. The number of esters is 1. The van der Waals surface area contributed by atoms with Crippen LogP contribution in [0.25, 0.3) is 16.3 Å². The van der Waals surface area contributed by atoms with E-state index in [2.05, 4.69) is 4.98 Å². The summed E-state index contributed by atoms with van der Waals surface area (Å²) in [4.78, 5) is 28.8. The maximum absolute atomic E-state index is 12.0. The van der Waals surface area contributed by atoms with Gasteiger partial charge in [0.15, 0.2) is 4.96 Å². The van der Waals surface area contributed by atoms with E-state index in [1.807, 2.05) is 42.5 Å². The summed E-state index contributed by atoms with van der Waals surface area (Å²) >= 11 is 1.36. The quantitative estimate of drug-likeness (QED) is 0.477. The fourth-order valence-corrected chi connectivity index (χ4v) is 3.42. The van der Waals surface area contributed by atoms with E-state index < -0.39 is 0 Å². The average molecular weight is 380 g/mol. The molecule has 0 atom stereocenters. The molecule has 0 unspecified atom stereocenters. The molecule has 3 aromatic heterocycles. The fourth-order valence-electron chi connectivity index (χ4n) is 2.68. The first kappa shape index (κ1) is 17.2. The molecule has 0 saturated carbocycles. The fraction of sp³-hybridized carbons (Fsp3) is 0.150. The number of furan rings is 1. The Morgan fingerprint density at radius 3 is 2.89 bits per heavy atom. The maximum Gasteiger partial charge on any atom is 0.306 e. The SMILES string of the molecule is O=C(CCc1ccc(-c2ccccc2)o1)OCc1cc(=O)n2ccsc2n1. The van der Waals surface area contributed by atoms with Crippen LogP contribution >= 0.6 is 11.3 Å². The van der Waals surface area contributed by atoms with Crippen LogP contribution in [0.3, 0.4) is 0 Å². The minimum atomic E-state index is -0.360. The third-order valence-electron chi connectivity index (χ3n) is 4.03. The lowest BCUT2D eigenvalue weighted by atomic mass is 10.2. The molecule has 6 nitrogen and oxygen atoms in total. The van der Waals surface area contributed by atoms with Crippen molar-refractivity contribution in [1.82, 2.24) is 9.38 Å². The molecule has 3 heterocycles. The smallest absolute Gasteiger partial charge is 0.306 e. The summed E-state index contributed by atoms with van der Waals surface area (Å²) in [5.41, 5.74) is 1.25. The molecule has 0 radical (unpaired) electrons. The van der Waals surface area contributed by atoms with Gasteiger partial charge in [-0.1, -0.05) is 30.3 Å². The molecule has 27 heavy (non-hydrogen) atoms. The van der Waals surface area contributed by atoms with Crippen molar-refractivity contribution < 1.29 is 13.9 Å². The van der Waals surface area contributed by atoms with Crippen molar-refractivity contribution in [3.63, 3.8) is 0 Å². The van der Waals surface area contributed by atoms with Crippen LogP contribution in [0.1, 0.15) is 17.9 Å². The number of carbonyl (C=O) groups is 1. The maximum atomic E-state index is 12.0. The monoisotopic (exact) mass is 380 g/mol. The van der Waals surface area contributed by atoms with Gasteiger partial charge in [0.25, 0.3) is 5.56 Å². The zero-order chi connectivity index (χ0) is 18.6. The van der Waals surface area contributed by atoms with E-state index in [-0.39, 0.29) is 24.6 Å². The lowest BCUT2D eigenvalue weighted by Gasteiger charge is -2.04. The Balaban J connectivity index is 1.32. The van der Waals surface area contributed by atoms with E-state index in [0.717, 1.165) is 17.1 Å². The lowest BCUT2D eigenvalue weighted by molar-refractivity contribution is -0.145. The van der Waals surface area contributed by atoms with Crippen LogP contribution in [0.15, 0.2) is 69.3 Å². The molecule has 0 aliphatic heterocycles. The molecule has 4 rings (SSSR count). The Labute approximate surface area is 158 Å². The van der Waals surface area contributed by atoms with E-state index in [1.165, 1.54) is 21.8 Å². The van der Waals surface area contributed by atoms with Gasteiger partial charge in [0, 0.05) is 29.6 Å². The van der Waals surface area contributed by atoms with Gasteiger partial charge in [-0.2, -0.15) is 0 Å². The molecular formula is C20H16N2O4S. The Kier molecular flexibility index (Phi) is 4.84. The normalized spacial score (nSPS) is 11.0. The van der Waals surface area contributed by atoms with Crippen LogP contribution < -0.4 is 5.56 Å². The summed E-state index contributed by atoms with van der Waals surface area (Å²) in [6, 6.07) is 14.9. The van der Waals surface area contributed by atoms with E-state index in [0.29, 0.717) is 17.1 Å². The van der Waals surface area contributed by atoms with Gasteiger partial charge in [0.2, 0.25) is 0 Å². The van der Waals surface area contributed by atoms with Crippen molar-refractivity contribution in [2.24, 2.45) is 0 Å². The van der Waals surface area contributed by atoms with E-state index in [9.17, 15) is 9.59 Å². The van der Waals surface area contributed by atoms with E-state index in [1.54, 1.807) is 11.6 Å². The Morgan fingerprint density at radius 2 is 2.04 bits per heavy atom. The number of aryl methyl sites for hydroxylation is 1. The van der Waals surface area contributed by atoms with Crippen molar-refractivity contribution in [3.8, 4) is 11.3 Å². The first-order valence-corrected chi connectivity index (χ1v) is 9.32. The highest BCUT2D eigenvalue weighted by Crippen LogP contribution is 2.22. The zero-order valence-corrected chi connectivity index (χ0v) is 15.1. The molecule has 1 aromatic carbocycles. The van der Waals surface area contributed by atoms with Gasteiger partial charge < -0.3 is 9.15 Å². The van der Waals surface area contributed by atoms with Crippen molar-refractivity contribution >= 4 is 22.3 Å². The number of rotatable bonds is 6. The van der Waals surface area contributed by atoms with Crippen LogP contribution in [-0.4, -0.2) is 15.4 Å². The van der Waals surface area contributed by atoms with Gasteiger partial charge in [-0.05, 0) is 12.1 Å². The molecule has 0 spiro atoms. The number of aromatic nitrogens is 2. The number of carbonyl (C=O) groups excluding carboxylic acids is 1. The van der Waals surface area contributed by atoms with Crippen molar-refractivity contribution in [2.75, 3.05) is 0 Å². The molecular weight excluding hydrogens is 364 g/mol. The summed E-state index contributed by atoms with van der Waals surface area (Å²) in [5.74, 6) is 1.14. The first-order chi connectivity index (χ1) is 13.2. The van der Waals surface area contributed by atoms with E-state index in [4.69, 9.17) is 9.15 Å². The van der Waals surface area contributed by atoms with Crippen molar-refractivity contribution in [2.45, 2.75) is 19.4 Å². The molecule has 0 N–H and O–H groups in total. The Bertz CT molecular complexity index is 1130. The molecule has 0 bridgehead atoms. The third-order valence-corrected chi connectivity index (χ3v) is 4.79. The van der Waals surface area contributed by atoms with Gasteiger partial charge >= 0.3 is 5.97 Å². The number of nitrogens with zero attached hydrogens (tertiary/aromatic N) is 2. The number of hydrogen-bond donors (Lipinski definition) is 0. The minimum Gasteiger partial charge on any atom is -0.461 e. The molecule has 7 heteroatoms. The Hall–Kier alpha value is -3.19. The number of hydrogen-bond acceptors (Lipinski definition) is 6. The largest absolute Gasteiger partial charge is 0.461 e. The molecule has 136 valence electrons. The van der Waals surface area contributed by atoms with Crippen LogP contribution in [0.5, 0.6) is 0 Å². The minimum absolute atomic E-state index is 0.0180. The third kappa shape index (κ3) is 3.98. The van der Waals surface area contributed by atoms with Crippen LogP contribution in [0.4, 0.5) is 0 Å². The highest BCUT2D eigenvalue weighted by molar-refractivity contribution is 7.15. The molecule has 0 saturated heterocycles. The summed E-state index contributed by atoms with van der Waals surface area (Å²) in [5, 5.41) is 1.78. The second kappa shape index (κ2) is 7.59. The van der Waals surface area contributed by atoms with Crippen LogP contribution in [0.2, 0.25) is 0 Å². The van der Waals surface area contributed by atoms with Gasteiger partial charge in [-0.3, -0.25) is 14.0 Å². The number of fused-ring (bicyclic) bond motifs is 1. The second-order valence-electron chi connectivity index (χ2n) is 5.93. The summed E-state index contributed by atoms with van der Waals surface area (Å²) in [7, 11) is 0. The predicted molar refractivity (Wildman–Crippen MR) is 102 cm³/mol. The highest BCUT2D eigenvalue weighted by atomic mass is 32.1. The summed E-state index contributed by atoms with van der Waals surface area (Å²) in [6.45, 7) is -0.0180. The molecule has 0 amide bonds.